The predicted molar refractivity (Wildman–Crippen MR) is 132 cm³/mol. The van der Waals surface area contributed by atoms with Crippen LogP contribution < -0.4 is 10.2 Å². The zero-order valence-electron chi connectivity index (χ0n) is 20.7. The smallest absolute Gasteiger partial charge is 0.229 e. The van der Waals surface area contributed by atoms with Crippen molar-refractivity contribution in [1.82, 2.24) is 0 Å². The summed E-state index contributed by atoms with van der Waals surface area (Å²) in [6, 6.07) is 9.37. The Morgan fingerprint density at radius 2 is 1.70 bits per heavy atom. The predicted octanol–water partition coefficient (Wildman–Crippen LogP) is -1.49. The summed E-state index contributed by atoms with van der Waals surface area (Å²) < 4.78 is 28.0. The quantitative estimate of drug-likeness (QED) is 0.164. The number of aliphatic hydroxyl groups excluding tert-OH is 5. The fourth-order valence-electron chi connectivity index (χ4n) is 4.57. The van der Waals surface area contributed by atoms with E-state index < -0.39 is 79.7 Å². The molecule has 0 spiro atoms. The van der Waals surface area contributed by atoms with E-state index in [4.69, 9.17) is 23.4 Å². The minimum atomic E-state index is -2.04. The maximum atomic E-state index is 12.8. The van der Waals surface area contributed by atoms with Gasteiger partial charge in [0.1, 0.15) is 64.0 Å². The molecule has 216 valence electrons. The highest BCUT2D eigenvalue weighted by Gasteiger charge is 2.53. The first kappa shape index (κ1) is 28.2. The summed E-state index contributed by atoms with van der Waals surface area (Å²) in [6.07, 6.45) is -11.2. The van der Waals surface area contributed by atoms with Crippen molar-refractivity contribution >= 4 is 11.0 Å². The average Bonchev–Trinajstić information content (AvgIpc) is 3.21. The van der Waals surface area contributed by atoms with Crippen LogP contribution in [0.25, 0.3) is 22.3 Å². The van der Waals surface area contributed by atoms with Gasteiger partial charge in [-0.25, -0.2) is 0 Å². The molecule has 3 aromatic rings. The zero-order valence-corrected chi connectivity index (χ0v) is 20.7. The molecule has 3 heterocycles. The SMILES string of the molecule is O=c1cc(-c2ccc(O)cc2)oc2cc(O[C@H]3O[C@@H](CO)[C@H](O)[C@@H](O)[C@@H]3O[C@H]3OC[C@@](O)(CO)[C@H]3O)cc(O)c12. The van der Waals surface area contributed by atoms with E-state index in [9.17, 15) is 45.6 Å². The molecule has 2 aliphatic rings. The van der Waals surface area contributed by atoms with Crippen molar-refractivity contribution in [3.05, 3.63) is 52.7 Å². The summed E-state index contributed by atoms with van der Waals surface area (Å²) in [4.78, 5) is 12.8. The van der Waals surface area contributed by atoms with Gasteiger partial charge < -0.3 is 64.2 Å². The van der Waals surface area contributed by atoms with Crippen molar-refractivity contribution in [3.8, 4) is 28.6 Å². The maximum Gasteiger partial charge on any atom is 0.229 e. The Labute approximate surface area is 225 Å². The number of aromatic hydroxyl groups is 2. The van der Waals surface area contributed by atoms with Crippen LogP contribution in [0.1, 0.15) is 0 Å². The number of fused-ring (bicyclic) bond motifs is 1. The molecular formula is C26H28O14. The van der Waals surface area contributed by atoms with Gasteiger partial charge in [-0.2, -0.15) is 0 Å². The highest BCUT2D eigenvalue weighted by atomic mass is 16.8. The van der Waals surface area contributed by atoms with Gasteiger partial charge in [-0.05, 0) is 24.3 Å². The lowest BCUT2D eigenvalue weighted by molar-refractivity contribution is -0.318. The van der Waals surface area contributed by atoms with E-state index in [1.165, 1.54) is 36.4 Å². The Balaban J connectivity index is 1.47. The number of hydrogen-bond acceptors (Lipinski definition) is 14. The lowest BCUT2D eigenvalue weighted by Gasteiger charge is -2.42. The van der Waals surface area contributed by atoms with Gasteiger partial charge in [0.15, 0.2) is 17.8 Å². The molecule has 1 aromatic heterocycles. The first-order valence-corrected chi connectivity index (χ1v) is 12.2. The summed E-state index contributed by atoms with van der Waals surface area (Å²) in [5.74, 6) is -0.496. The van der Waals surface area contributed by atoms with Crippen LogP contribution in [-0.4, -0.2) is 109 Å². The molecule has 14 heteroatoms. The van der Waals surface area contributed by atoms with Gasteiger partial charge in [-0.15, -0.1) is 0 Å². The average molecular weight is 564 g/mol. The van der Waals surface area contributed by atoms with E-state index in [0.717, 1.165) is 6.07 Å². The molecule has 14 nitrogen and oxygen atoms in total. The summed E-state index contributed by atoms with van der Waals surface area (Å²) in [7, 11) is 0. The van der Waals surface area contributed by atoms with Crippen molar-refractivity contribution in [2.75, 3.05) is 19.8 Å². The highest BCUT2D eigenvalue weighted by Crippen LogP contribution is 2.35. The monoisotopic (exact) mass is 564 g/mol. The Hall–Kier alpha value is -3.31. The maximum absolute atomic E-state index is 12.8. The van der Waals surface area contributed by atoms with E-state index in [1.807, 2.05) is 0 Å². The van der Waals surface area contributed by atoms with Gasteiger partial charge in [0.2, 0.25) is 6.29 Å². The number of rotatable bonds is 7. The second kappa shape index (κ2) is 10.9. The van der Waals surface area contributed by atoms with Crippen LogP contribution in [0.5, 0.6) is 17.2 Å². The van der Waals surface area contributed by atoms with Gasteiger partial charge in [0, 0.05) is 23.8 Å². The lowest BCUT2D eigenvalue weighted by Crippen LogP contribution is -2.62. The van der Waals surface area contributed by atoms with Crippen molar-refractivity contribution in [2.45, 2.75) is 48.7 Å². The highest BCUT2D eigenvalue weighted by molar-refractivity contribution is 5.86. The molecule has 0 unspecified atom stereocenters. The van der Waals surface area contributed by atoms with E-state index in [1.54, 1.807) is 0 Å². The fraction of sp³-hybridized carbons (Fsp3) is 0.423. The second-order valence-electron chi connectivity index (χ2n) is 9.65. The molecule has 2 saturated heterocycles. The molecule has 2 fully saturated rings. The van der Waals surface area contributed by atoms with Crippen LogP contribution in [-0.2, 0) is 14.2 Å². The third kappa shape index (κ3) is 5.12. The number of phenolic OH excluding ortho intramolecular Hbond substituents is 2. The number of phenols is 2. The van der Waals surface area contributed by atoms with Gasteiger partial charge in [0.25, 0.3) is 0 Å². The lowest BCUT2D eigenvalue weighted by atomic mass is 9.98. The van der Waals surface area contributed by atoms with Crippen molar-refractivity contribution in [2.24, 2.45) is 0 Å². The summed E-state index contributed by atoms with van der Waals surface area (Å²) >= 11 is 0. The van der Waals surface area contributed by atoms with Crippen LogP contribution in [0.15, 0.2) is 51.7 Å². The summed E-state index contributed by atoms with van der Waals surface area (Å²) in [5.41, 5.74) is -2.22. The molecule has 8 N–H and O–H groups in total. The third-order valence-corrected chi connectivity index (χ3v) is 6.88. The van der Waals surface area contributed by atoms with Crippen LogP contribution in [0, 0.1) is 0 Å². The molecule has 0 aliphatic carbocycles. The van der Waals surface area contributed by atoms with E-state index in [0.29, 0.717) is 5.56 Å². The van der Waals surface area contributed by atoms with Gasteiger partial charge >= 0.3 is 0 Å². The van der Waals surface area contributed by atoms with Crippen molar-refractivity contribution < 1.29 is 64.2 Å². The van der Waals surface area contributed by atoms with E-state index in [2.05, 4.69) is 0 Å². The van der Waals surface area contributed by atoms with Gasteiger partial charge in [0.05, 0.1) is 19.8 Å². The summed E-state index contributed by atoms with van der Waals surface area (Å²) in [5, 5.41) is 80.7. The summed E-state index contributed by atoms with van der Waals surface area (Å²) in [6.45, 7) is -2.06. The minimum absolute atomic E-state index is 0.00882. The molecule has 5 rings (SSSR count). The molecule has 2 aliphatic heterocycles. The topological polar surface area (TPSA) is 229 Å². The molecular weight excluding hydrogens is 536 g/mol. The first-order chi connectivity index (χ1) is 19.0. The Morgan fingerprint density at radius 1 is 0.975 bits per heavy atom. The Kier molecular flexibility index (Phi) is 7.71. The standard InChI is InChI=1S/C26H28O14/c27-8-18-20(32)21(33)22(40-25-23(34)26(35,9-28)10-36-25)24(39-18)37-13-5-14(30)19-15(31)7-16(38-17(19)6-13)11-1-3-12(29)4-2-11/h1-7,18,20-25,27-30,32-35H,8-10H2/t18-,20-,21+,22-,23-,24-,25+,26-/m0/s1. The van der Waals surface area contributed by atoms with E-state index >= 15 is 0 Å². The number of ether oxygens (including phenoxy) is 4. The van der Waals surface area contributed by atoms with Gasteiger partial charge in [-0.3, -0.25) is 4.79 Å². The molecule has 40 heavy (non-hydrogen) atoms. The molecule has 8 atom stereocenters. The normalized spacial score (nSPS) is 32.4. The van der Waals surface area contributed by atoms with Crippen molar-refractivity contribution in [3.63, 3.8) is 0 Å². The second-order valence-corrected chi connectivity index (χ2v) is 9.65. The molecule has 0 radical (unpaired) electrons. The van der Waals surface area contributed by atoms with Crippen LogP contribution in [0.2, 0.25) is 0 Å². The number of benzene rings is 2. The molecule has 0 bridgehead atoms. The first-order valence-electron chi connectivity index (χ1n) is 12.2. The van der Waals surface area contributed by atoms with Crippen LogP contribution in [0.3, 0.4) is 0 Å². The van der Waals surface area contributed by atoms with Crippen LogP contribution in [0.4, 0.5) is 0 Å². The van der Waals surface area contributed by atoms with Crippen molar-refractivity contribution in [1.29, 1.82) is 0 Å². The zero-order chi connectivity index (χ0) is 28.8. The Morgan fingerprint density at radius 3 is 2.35 bits per heavy atom. The molecule has 0 amide bonds. The van der Waals surface area contributed by atoms with Gasteiger partial charge in [-0.1, -0.05) is 0 Å². The fourth-order valence-corrected chi connectivity index (χ4v) is 4.57. The minimum Gasteiger partial charge on any atom is -0.508 e. The number of hydrogen-bond donors (Lipinski definition) is 8. The van der Waals surface area contributed by atoms with Crippen LogP contribution >= 0.6 is 0 Å². The largest absolute Gasteiger partial charge is 0.508 e. The number of aliphatic hydroxyl groups is 6. The van der Waals surface area contributed by atoms with E-state index in [-0.39, 0.29) is 28.2 Å². The third-order valence-electron chi connectivity index (χ3n) is 6.88. The molecule has 2 aromatic carbocycles. The molecule has 0 saturated carbocycles. The Bertz CT molecular complexity index is 1410.